The molecule has 7 heteroatoms. The molecule has 0 N–H and O–H groups in total. The summed E-state index contributed by atoms with van der Waals surface area (Å²) in [5.41, 5.74) is 2.38. The van der Waals surface area contributed by atoms with Crippen LogP contribution in [0.3, 0.4) is 0 Å². The molecule has 0 saturated heterocycles. The Balaban J connectivity index is 0.000000463. The SMILES string of the molecule is CC(N(C)c1ccccc1)=[N+](C)c1ccccc1.F[B-](F)(F)F. The number of para-hydroxylation sites is 2. The van der Waals surface area contributed by atoms with Crippen LogP contribution in [0.5, 0.6) is 0 Å². The molecule has 0 unspecified atom stereocenters. The second-order valence-electron chi connectivity index (χ2n) is 4.83. The van der Waals surface area contributed by atoms with E-state index in [0.29, 0.717) is 0 Å². The molecular formula is C16H19BF4N2. The van der Waals surface area contributed by atoms with Crippen molar-refractivity contribution < 1.29 is 21.8 Å². The first-order chi connectivity index (χ1) is 10.7. The lowest BCUT2D eigenvalue weighted by atomic mass is 10.3. The van der Waals surface area contributed by atoms with Crippen molar-refractivity contribution in [1.29, 1.82) is 0 Å². The van der Waals surface area contributed by atoms with Crippen LogP contribution < -0.4 is 4.90 Å². The highest BCUT2D eigenvalue weighted by Crippen LogP contribution is 2.14. The van der Waals surface area contributed by atoms with Crippen molar-refractivity contribution in [3.05, 3.63) is 60.7 Å². The molecule has 0 amide bonds. The summed E-state index contributed by atoms with van der Waals surface area (Å²) in [6.45, 7) is 2.12. The molecule has 0 saturated carbocycles. The molecule has 2 rings (SSSR count). The standard InChI is InChI=1S/C16H19N2.BF4/c1-14(17(2)15-10-6-4-7-11-15)18(3)16-12-8-5-9-13-16;2-1(3,4)5/h4-13H,1-3H3;/q+1;-1. The summed E-state index contributed by atoms with van der Waals surface area (Å²) < 4.78 is 41.2. The third kappa shape index (κ3) is 6.99. The van der Waals surface area contributed by atoms with Crippen molar-refractivity contribution in [3.8, 4) is 0 Å². The van der Waals surface area contributed by atoms with Crippen LogP contribution >= 0.6 is 0 Å². The molecule has 2 aromatic rings. The molecule has 124 valence electrons. The Bertz CT molecular complexity index is 622. The Kier molecular flexibility index (Phi) is 6.81. The van der Waals surface area contributed by atoms with Gasteiger partial charge in [0.25, 0.3) is 5.84 Å². The number of nitrogens with zero attached hydrogens (tertiary/aromatic N) is 2. The highest BCUT2D eigenvalue weighted by molar-refractivity contribution is 6.50. The number of hydrogen-bond donors (Lipinski definition) is 0. The summed E-state index contributed by atoms with van der Waals surface area (Å²) in [6.07, 6.45) is 0. The van der Waals surface area contributed by atoms with Gasteiger partial charge in [0, 0.05) is 6.92 Å². The fourth-order valence-corrected chi connectivity index (χ4v) is 1.90. The molecule has 2 aromatic carbocycles. The van der Waals surface area contributed by atoms with Gasteiger partial charge in [-0.15, -0.1) is 0 Å². The smallest absolute Gasteiger partial charge is 0.418 e. The molecule has 0 radical (unpaired) electrons. The van der Waals surface area contributed by atoms with Crippen molar-refractivity contribution in [2.75, 3.05) is 19.0 Å². The van der Waals surface area contributed by atoms with Gasteiger partial charge in [-0.2, -0.15) is 0 Å². The molecule has 0 bridgehead atoms. The molecule has 0 aliphatic carbocycles. The van der Waals surface area contributed by atoms with E-state index in [-0.39, 0.29) is 0 Å². The van der Waals surface area contributed by atoms with Gasteiger partial charge in [0.1, 0.15) is 11.4 Å². The van der Waals surface area contributed by atoms with Crippen molar-refractivity contribution in [2.24, 2.45) is 0 Å². The van der Waals surface area contributed by atoms with Gasteiger partial charge < -0.3 is 17.3 Å². The van der Waals surface area contributed by atoms with E-state index in [1.165, 1.54) is 17.2 Å². The van der Waals surface area contributed by atoms with E-state index in [0.717, 1.165) is 0 Å². The topological polar surface area (TPSA) is 6.25 Å². The van der Waals surface area contributed by atoms with E-state index in [2.05, 4.69) is 79.0 Å². The van der Waals surface area contributed by atoms with Crippen LogP contribution in [0.25, 0.3) is 0 Å². The predicted octanol–water partition coefficient (Wildman–Crippen LogP) is 4.82. The van der Waals surface area contributed by atoms with E-state index in [1.54, 1.807) is 0 Å². The Labute approximate surface area is 133 Å². The summed E-state index contributed by atoms with van der Waals surface area (Å²) in [4.78, 5) is 2.19. The molecule has 0 heterocycles. The summed E-state index contributed by atoms with van der Waals surface area (Å²) in [6, 6.07) is 20.8. The lowest BCUT2D eigenvalue weighted by Crippen LogP contribution is -2.29. The predicted molar refractivity (Wildman–Crippen MR) is 88.0 cm³/mol. The molecule has 0 aliphatic heterocycles. The van der Waals surface area contributed by atoms with Crippen molar-refractivity contribution >= 4 is 24.5 Å². The van der Waals surface area contributed by atoms with Gasteiger partial charge in [-0.25, -0.2) is 9.48 Å². The fourth-order valence-electron chi connectivity index (χ4n) is 1.90. The number of anilines is 1. The van der Waals surface area contributed by atoms with E-state index in [1.807, 2.05) is 12.1 Å². The largest absolute Gasteiger partial charge is 0.673 e. The van der Waals surface area contributed by atoms with Gasteiger partial charge in [-0.05, 0) is 24.3 Å². The molecule has 0 spiro atoms. The molecule has 0 fully saturated rings. The highest BCUT2D eigenvalue weighted by Gasteiger charge is 2.20. The summed E-state index contributed by atoms with van der Waals surface area (Å²) >= 11 is 0. The zero-order chi connectivity index (χ0) is 17.5. The van der Waals surface area contributed by atoms with E-state index < -0.39 is 7.25 Å². The molecular weight excluding hydrogens is 307 g/mol. The minimum Gasteiger partial charge on any atom is -0.418 e. The van der Waals surface area contributed by atoms with E-state index in [9.17, 15) is 17.3 Å². The van der Waals surface area contributed by atoms with Crippen LogP contribution in [0, 0.1) is 0 Å². The van der Waals surface area contributed by atoms with Gasteiger partial charge in [-0.1, -0.05) is 36.4 Å². The Morgan fingerprint density at radius 2 is 1.26 bits per heavy atom. The number of hydrogen-bond acceptors (Lipinski definition) is 0. The lowest BCUT2D eigenvalue weighted by molar-refractivity contribution is -0.406. The first-order valence-electron chi connectivity index (χ1n) is 6.98. The van der Waals surface area contributed by atoms with Crippen molar-refractivity contribution in [2.45, 2.75) is 6.92 Å². The number of amidine groups is 1. The van der Waals surface area contributed by atoms with Crippen LogP contribution in [0.4, 0.5) is 28.6 Å². The Hall–Kier alpha value is -2.31. The minimum atomic E-state index is -6.00. The van der Waals surface area contributed by atoms with Crippen LogP contribution in [0.1, 0.15) is 6.92 Å². The van der Waals surface area contributed by atoms with Crippen LogP contribution in [0.15, 0.2) is 60.7 Å². The third-order valence-electron chi connectivity index (χ3n) is 3.26. The van der Waals surface area contributed by atoms with Gasteiger partial charge in [0.2, 0.25) is 0 Å². The first kappa shape index (κ1) is 18.7. The second-order valence-corrected chi connectivity index (χ2v) is 4.83. The maximum Gasteiger partial charge on any atom is 0.673 e. The molecule has 0 aliphatic rings. The Morgan fingerprint density at radius 3 is 1.70 bits per heavy atom. The monoisotopic (exact) mass is 326 g/mol. The Morgan fingerprint density at radius 1 is 0.870 bits per heavy atom. The van der Waals surface area contributed by atoms with Gasteiger partial charge in [0.15, 0.2) is 0 Å². The van der Waals surface area contributed by atoms with Gasteiger partial charge >= 0.3 is 7.25 Å². The van der Waals surface area contributed by atoms with Gasteiger partial charge in [-0.3, -0.25) is 0 Å². The maximum atomic E-state index is 9.75. The lowest BCUT2D eigenvalue weighted by Gasteiger charge is -2.14. The third-order valence-corrected chi connectivity index (χ3v) is 3.26. The van der Waals surface area contributed by atoms with Crippen molar-refractivity contribution in [3.63, 3.8) is 0 Å². The van der Waals surface area contributed by atoms with Crippen LogP contribution in [0.2, 0.25) is 0 Å². The molecule has 0 aromatic heterocycles. The van der Waals surface area contributed by atoms with E-state index >= 15 is 0 Å². The van der Waals surface area contributed by atoms with Gasteiger partial charge in [0.05, 0.1) is 14.1 Å². The minimum absolute atomic E-state index is 1.19. The fraction of sp³-hybridized carbons (Fsp3) is 0.188. The second kappa shape index (κ2) is 8.36. The quantitative estimate of drug-likeness (QED) is 0.252. The van der Waals surface area contributed by atoms with Crippen LogP contribution in [-0.2, 0) is 0 Å². The number of halogens is 4. The van der Waals surface area contributed by atoms with E-state index in [4.69, 9.17) is 0 Å². The molecule has 0 atom stereocenters. The molecule has 2 nitrogen and oxygen atoms in total. The first-order valence-corrected chi connectivity index (χ1v) is 6.98. The maximum absolute atomic E-state index is 9.75. The summed E-state index contributed by atoms with van der Waals surface area (Å²) in [5, 5.41) is 0. The zero-order valence-electron chi connectivity index (χ0n) is 13.3. The normalized spacial score (nSPS) is 12.0. The zero-order valence-corrected chi connectivity index (χ0v) is 13.3. The number of benzene rings is 2. The van der Waals surface area contributed by atoms with Crippen LogP contribution in [-0.4, -0.2) is 31.8 Å². The number of rotatable bonds is 2. The highest BCUT2D eigenvalue weighted by atomic mass is 19.5. The average molecular weight is 326 g/mol. The average Bonchev–Trinajstić information content (AvgIpc) is 2.53. The van der Waals surface area contributed by atoms with Crippen molar-refractivity contribution in [1.82, 2.24) is 0 Å². The summed E-state index contributed by atoms with van der Waals surface area (Å²) in [5.74, 6) is 1.19. The molecule has 23 heavy (non-hydrogen) atoms. The summed E-state index contributed by atoms with van der Waals surface area (Å²) in [7, 11) is -1.83.